The van der Waals surface area contributed by atoms with Gasteiger partial charge in [-0.05, 0) is 17.1 Å². The van der Waals surface area contributed by atoms with Crippen LogP contribution in [-0.2, 0) is 10.1 Å². The van der Waals surface area contributed by atoms with Gasteiger partial charge in [0.15, 0.2) is 11.4 Å². The number of hydrogen-bond donors (Lipinski definition) is 0. The number of benzene rings is 1. The molecule has 5 nitrogen and oxygen atoms in total. The topological polar surface area (TPSA) is 65.9 Å². The van der Waals surface area contributed by atoms with Crippen LogP contribution in [0.15, 0.2) is 23.1 Å². The molecule has 0 bridgehead atoms. The molecule has 19 heavy (non-hydrogen) atoms. The zero-order valence-electron chi connectivity index (χ0n) is 10.3. The maximum atomic E-state index is 10.4. The van der Waals surface area contributed by atoms with Crippen LogP contribution in [0, 0.1) is 13.1 Å². The number of nitrogens with zero attached hydrogens (tertiary/aromatic N) is 2. The Bertz CT molecular complexity index is 618. The van der Waals surface area contributed by atoms with Gasteiger partial charge in [-0.2, -0.15) is 0 Å². The van der Waals surface area contributed by atoms with E-state index in [0.29, 0.717) is 11.4 Å². The van der Waals surface area contributed by atoms with Gasteiger partial charge < -0.3 is 4.55 Å². The minimum atomic E-state index is -4.15. The zero-order valence-corrected chi connectivity index (χ0v) is 15.0. The SMILES string of the molecule is [C-]#[N+]c1ccc(SCCCS(=O)(=O)[O-])cc1[N+]#[C-].[K+]. The van der Waals surface area contributed by atoms with E-state index in [1.165, 1.54) is 11.8 Å². The third-order valence-electron chi connectivity index (χ3n) is 2.00. The molecule has 0 amide bonds. The average Bonchev–Trinajstić information content (AvgIpc) is 2.33. The van der Waals surface area contributed by atoms with Gasteiger partial charge in [0.05, 0.1) is 23.3 Å². The first-order chi connectivity index (χ1) is 8.46. The summed E-state index contributed by atoms with van der Waals surface area (Å²) in [6.07, 6.45) is 0.272. The van der Waals surface area contributed by atoms with Crippen LogP contribution >= 0.6 is 11.8 Å². The molecular weight excluding hydrogens is 311 g/mol. The van der Waals surface area contributed by atoms with E-state index in [9.17, 15) is 13.0 Å². The van der Waals surface area contributed by atoms with Crippen molar-refractivity contribution in [1.82, 2.24) is 0 Å². The molecule has 0 spiro atoms. The summed E-state index contributed by atoms with van der Waals surface area (Å²) in [7, 11) is -4.15. The molecular formula is C11H9KN2O3S2. The van der Waals surface area contributed by atoms with Crippen molar-refractivity contribution >= 4 is 33.3 Å². The fourth-order valence-electron chi connectivity index (χ4n) is 1.20. The van der Waals surface area contributed by atoms with Crippen LogP contribution in [-0.4, -0.2) is 24.5 Å². The molecule has 1 rings (SSSR count). The first kappa shape index (κ1) is 19.1. The van der Waals surface area contributed by atoms with Crippen molar-refractivity contribution in [1.29, 1.82) is 0 Å². The van der Waals surface area contributed by atoms with Gasteiger partial charge in [-0.25, -0.2) is 8.42 Å². The molecule has 0 unspecified atom stereocenters. The number of thioether (sulfide) groups is 1. The Morgan fingerprint density at radius 1 is 1.21 bits per heavy atom. The Morgan fingerprint density at radius 3 is 2.37 bits per heavy atom. The Labute approximate surface area is 159 Å². The maximum absolute atomic E-state index is 10.4. The molecule has 0 radical (unpaired) electrons. The summed E-state index contributed by atoms with van der Waals surface area (Å²) in [6.45, 7) is 13.8. The van der Waals surface area contributed by atoms with Crippen molar-refractivity contribution in [2.45, 2.75) is 11.3 Å². The van der Waals surface area contributed by atoms with Gasteiger partial charge in [-0.3, -0.25) is 9.69 Å². The molecule has 0 N–H and O–H groups in total. The minimum absolute atomic E-state index is 0. The first-order valence-electron chi connectivity index (χ1n) is 4.91. The molecule has 0 saturated heterocycles. The van der Waals surface area contributed by atoms with Crippen molar-refractivity contribution in [2.75, 3.05) is 11.5 Å². The van der Waals surface area contributed by atoms with Crippen LogP contribution < -0.4 is 51.4 Å². The molecule has 94 valence electrons. The standard InChI is InChI=1S/C11H10N2O3S2.K/c1-12-10-5-4-9(8-11(10)13-2)17-6-3-7-18(14,15)16;/h4-5,8H,3,6-7H2,(H,14,15,16);/q;+1/p-1. The van der Waals surface area contributed by atoms with Gasteiger partial charge in [0.2, 0.25) is 0 Å². The van der Waals surface area contributed by atoms with Crippen molar-refractivity contribution in [3.05, 3.63) is 41.0 Å². The summed E-state index contributed by atoms with van der Waals surface area (Å²) in [5.41, 5.74) is 0.586. The molecule has 1 aromatic rings. The molecule has 0 fully saturated rings. The predicted octanol–water partition coefficient (Wildman–Crippen LogP) is -0.180. The molecule has 1 aromatic carbocycles. The molecule has 0 saturated carbocycles. The Kier molecular flexibility index (Phi) is 9.16. The number of rotatable bonds is 5. The Hall–Kier alpha value is 0.0964. The van der Waals surface area contributed by atoms with Crippen molar-refractivity contribution in [3.63, 3.8) is 0 Å². The summed E-state index contributed by atoms with van der Waals surface area (Å²) in [5, 5.41) is 0. The van der Waals surface area contributed by atoms with Gasteiger partial charge in [0.1, 0.15) is 0 Å². The van der Waals surface area contributed by atoms with Crippen LogP contribution in [0.3, 0.4) is 0 Å². The van der Waals surface area contributed by atoms with Crippen LogP contribution in [0.4, 0.5) is 11.4 Å². The molecule has 8 heteroatoms. The first-order valence-corrected chi connectivity index (χ1v) is 7.48. The molecule has 0 atom stereocenters. The molecule has 0 aromatic heterocycles. The quantitative estimate of drug-likeness (QED) is 0.248. The van der Waals surface area contributed by atoms with Gasteiger partial charge in [-0.1, -0.05) is 18.2 Å². The largest absolute Gasteiger partial charge is 1.00 e. The monoisotopic (exact) mass is 320 g/mol. The summed E-state index contributed by atoms with van der Waals surface area (Å²) in [5.74, 6) is 0.103. The third-order valence-corrected chi connectivity index (χ3v) is 3.86. The molecule has 0 aliphatic rings. The van der Waals surface area contributed by atoms with E-state index in [0.717, 1.165) is 4.90 Å². The average molecular weight is 320 g/mol. The molecule has 0 heterocycles. The molecule has 0 aliphatic carbocycles. The van der Waals surface area contributed by atoms with Gasteiger partial charge in [-0.15, -0.1) is 11.8 Å². The second kappa shape index (κ2) is 9.11. The second-order valence-corrected chi connectivity index (χ2v) is 6.03. The van der Waals surface area contributed by atoms with E-state index in [2.05, 4.69) is 9.69 Å². The summed E-state index contributed by atoms with van der Waals surface area (Å²) in [6, 6.07) is 4.86. The van der Waals surface area contributed by atoms with Crippen LogP contribution in [0.1, 0.15) is 6.42 Å². The van der Waals surface area contributed by atoms with Gasteiger partial charge in [0, 0.05) is 5.75 Å². The van der Waals surface area contributed by atoms with Crippen molar-refractivity contribution in [3.8, 4) is 0 Å². The van der Waals surface area contributed by atoms with E-state index in [4.69, 9.17) is 13.1 Å². The van der Waals surface area contributed by atoms with Gasteiger partial charge in [0.25, 0.3) is 0 Å². The van der Waals surface area contributed by atoms with Gasteiger partial charge >= 0.3 is 51.4 Å². The summed E-state index contributed by atoms with van der Waals surface area (Å²) >= 11 is 1.36. The molecule has 0 aliphatic heterocycles. The minimum Gasteiger partial charge on any atom is -0.748 e. The predicted molar refractivity (Wildman–Crippen MR) is 68.9 cm³/mol. The zero-order chi connectivity index (χ0) is 13.6. The number of hydrogen-bond acceptors (Lipinski definition) is 4. The van der Waals surface area contributed by atoms with E-state index in [-0.39, 0.29) is 69.2 Å². The Morgan fingerprint density at radius 2 is 1.84 bits per heavy atom. The van der Waals surface area contributed by atoms with E-state index >= 15 is 0 Å². The smallest absolute Gasteiger partial charge is 0.748 e. The normalized spacial score (nSPS) is 10.1. The van der Waals surface area contributed by atoms with Crippen LogP contribution in [0.5, 0.6) is 0 Å². The van der Waals surface area contributed by atoms with E-state index < -0.39 is 10.1 Å². The van der Waals surface area contributed by atoms with Crippen LogP contribution in [0.25, 0.3) is 9.69 Å². The second-order valence-electron chi connectivity index (χ2n) is 3.34. The Balaban J connectivity index is 0.00000324. The summed E-state index contributed by atoms with van der Waals surface area (Å²) in [4.78, 5) is 7.25. The van der Waals surface area contributed by atoms with E-state index in [1.54, 1.807) is 18.2 Å². The fraction of sp³-hybridized carbons (Fsp3) is 0.273. The van der Waals surface area contributed by atoms with E-state index in [1.807, 2.05) is 0 Å². The summed E-state index contributed by atoms with van der Waals surface area (Å²) < 4.78 is 31.2. The maximum Gasteiger partial charge on any atom is 1.00 e. The fourth-order valence-corrected chi connectivity index (χ4v) is 2.77. The van der Waals surface area contributed by atoms with Crippen LogP contribution in [0.2, 0.25) is 0 Å². The van der Waals surface area contributed by atoms with Crippen molar-refractivity contribution in [2.24, 2.45) is 0 Å². The van der Waals surface area contributed by atoms with Crippen molar-refractivity contribution < 1.29 is 64.4 Å². The third kappa shape index (κ3) is 7.44.